The number of thiophene rings is 1. The number of para-hydroxylation sites is 1. The number of benzene rings is 1. The molecule has 0 amide bonds. The minimum Gasteiger partial charge on any atom is -0.361 e. The Bertz CT molecular complexity index is 1230. The zero-order valence-electron chi connectivity index (χ0n) is 17.7. The molecule has 30 heavy (non-hydrogen) atoms. The number of hydrogen-bond donors (Lipinski definition) is 2. The molecule has 0 spiro atoms. The first-order valence-corrected chi connectivity index (χ1v) is 11.5. The molecule has 1 aliphatic carbocycles. The van der Waals surface area contributed by atoms with Gasteiger partial charge in [0.1, 0.15) is 11.2 Å². The van der Waals surface area contributed by atoms with E-state index in [9.17, 15) is 0 Å². The van der Waals surface area contributed by atoms with E-state index in [-0.39, 0.29) is 0 Å². The lowest BCUT2D eigenvalue weighted by Crippen LogP contribution is -2.28. The van der Waals surface area contributed by atoms with Crippen LogP contribution in [0, 0.1) is 11.3 Å². The fraction of sp³-hybridized carbons (Fsp3) is 0.375. The highest BCUT2D eigenvalue weighted by Crippen LogP contribution is 2.45. The Morgan fingerprint density at radius 1 is 1.30 bits per heavy atom. The zero-order chi connectivity index (χ0) is 20.7. The van der Waals surface area contributed by atoms with Gasteiger partial charge in [0.15, 0.2) is 5.82 Å². The molecule has 5 nitrogen and oxygen atoms in total. The van der Waals surface area contributed by atoms with E-state index in [2.05, 4.69) is 58.4 Å². The summed E-state index contributed by atoms with van der Waals surface area (Å²) < 4.78 is 0. The summed E-state index contributed by atoms with van der Waals surface area (Å²) in [5.74, 6) is 1.50. The lowest BCUT2D eigenvalue weighted by Gasteiger charge is -2.36. The van der Waals surface area contributed by atoms with Crippen molar-refractivity contribution in [2.75, 3.05) is 5.43 Å². The number of H-pyrrole nitrogens is 1. The molecular formula is C24H27N5S. The van der Waals surface area contributed by atoms with Crippen LogP contribution < -0.4 is 5.43 Å². The van der Waals surface area contributed by atoms with Crippen molar-refractivity contribution < 1.29 is 0 Å². The molecule has 3 heterocycles. The van der Waals surface area contributed by atoms with E-state index >= 15 is 0 Å². The fourth-order valence-corrected chi connectivity index (χ4v) is 5.70. The fourth-order valence-electron chi connectivity index (χ4n) is 4.51. The molecule has 1 aromatic carbocycles. The van der Waals surface area contributed by atoms with E-state index in [1.54, 1.807) is 6.33 Å². The molecule has 1 atom stereocenters. The number of nitrogens with one attached hydrogen (secondary N) is 2. The predicted molar refractivity (Wildman–Crippen MR) is 127 cm³/mol. The van der Waals surface area contributed by atoms with Crippen LogP contribution in [-0.4, -0.2) is 21.2 Å². The largest absolute Gasteiger partial charge is 0.361 e. The van der Waals surface area contributed by atoms with E-state index in [4.69, 9.17) is 0 Å². The standard InChI is InChI=1S/C24H27N5S/c1-4-24(2,3)16-9-10-20-18(11-16)21-22(26-14-27-23(21)30-20)29-28-13-15-12-25-19-8-6-5-7-17(15)19/h5-8,12-14,16,25H,4,9-11H2,1-3H3,(H,26,27,29)/b28-13-/t16-/m0/s1. The summed E-state index contributed by atoms with van der Waals surface area (Å²) in [6.45, 7) is 7.10. The SMILES string of the molecule is CCC(C)(C)[C@H]1CCc2sc3ncnc(N/N=C\c4c[nH]c5ccccc45)c3c2C1. The number of aromatic amines is 1. The molecule has 2 N–H and O–H groups in total. The second kappa shape index (κ2) is 7.51. The summed E-state index contributed by atoms with van der Waals surface area (Å²) in [7, 11) is 0. The van der Waals surface area contributed by atoms with Gasteiger partial charge in [-0.2, -0.15) is 5.10 Å². The van der Waals surface area contributed by atoms with Gasteiger partial charge in [0.05, 0.1) is 11.6 Å². The van der Waals surface area contributed by atoms with Crippen molar-refractivity contribution in [3.63, 3.8) is 0 Å². The van der Waals surface area contributed by atoms with Gasteiger partial charge < -0.3 is 4.98 Å². The Hall–Kier alpha value is -2.73. The number of rotatable bonds is 5. The van der Waals surface area contributed by atoms with Gasteiger partial charge in [-0.1, -0.05) is 45.4 Å². The van der Waals surface area contributed by atoms with Crippen LogP contribution in [0.2, 0.25) is 0 Å². The highest BCUT2D eigenvalue weighted by Gasteiger charge is 2.33. The number of anilines is 1. The molecule has 154 valence electrons. The topological polar surface area (TPSA) is 66.0 Å². The monoisotopic (exact) mass is 417 g/mol. The van der Waals surface area contributed by atoms with Gasteiger partial charge in [0.2, 0.25) is 0 Å². The summed E-state index contributed by atoms with van der Waals surface area (Å²) in [5.41, 5.74) is 7.15. The van der Waals surface area contributed by atoms with E-state index in [1.165, 1.54) is 23.3 Å². The first-order chi connectivity index (χ1) is 14.6. The average molecular weight is 418 g/mol. The van der Waals surface area contributed by atoms with Crippen molar-refractivity contribution in [1.82, 2.24) is 15.0 Å². The molecule has 6 heteroatoms. The molecular weight excluding hydrogens is 390 g/mol. The Balaban J connectivity index is 1.46. The van der Waals surface area contributed by atoms with Gasteiger partial charge in [0, 0.05) is 27.5 Å². The Morgan fingerprint density at radius 2 is 2.17 bits per heavy atom. The summed E-state index contributed by atoms with van der Waals surface area (Å²) in [5, 5.41) is 6.83. The minimum atomic E-state index is 0.350. The third-order valence-corrected chi connectivity index (χ3v) is 8.05. The van der Waals surface area contributed by atoms with Crippen LogP contribution >= 0.6 is 11.3 Å². The van der Waals surface area contributed by atoms with Crippen LogP contribution in [0.5, 0.6) is 0 Å². The summed E-state index contributed by atoms with van der Waals surface area (Å²) in [4.78, 5) is 14.9. The van der Waals surface area contributed by atoms with Crippen molar-refractivity contribution in [2.24, 2.45) is 16.4 Å². The van der Waals surface area contributed by atoms with E-state index in [1.807, 2.05) is 35.9 Å². The molecule has 4 aromatic rings. The predicted octanol–water partition coefficient (Wildman–Crippen LogP) is 6.16. The van der Waals surface area contributed by atoms with E-state index in [0.717, 1.165) is 45.3 Å². The highest BCUT2D eigenvalue weighted by molar-refractivity contribution is 7.19. The van der Waals surface area contributed by atoms with E-state index in [0.29, 0.717) is 11.3 Å². The maximum atomic E-state index is 4.56. The van der Waals surface area contributed by atoms with Crippen molar-refractivity contribution in [3.05, 3.63) is 52.8 Å². The lowest BCUT2D eigenvalue weighted by atomic mass is 9.69. The van der Waals surface area contributed by atoms with Crippen molar-refractivity contribution in [2.45, 2.75) is 46.5 Å². The van der Waals surface area contributed by atoms with Gasteiger partial charge in [0.25, 0.3) is 0 Å². The van der Waals surface area contributed by atoms with Crippen LogP contribution in [0.25, 0.3) is 21.1 Å². The second-order valence-electron chi connectivity index (χ2n) is 8.85. The number of hydrazone groups is 1. The summed E-state index contributed by atoms with van der Waals surface area (Å²) in [6, 6.07) is 8.24. The first kappa shape index (κ1) is 19.2. The molecule has 0 bridgehead atoms. The summed E-state index contributed by atoms with van der Waals surface area (Å²) >= 11 is 1.82. The van der Waals surface area contributed by atoms with Crippen LogP contribution in [0.15, 0.2) is 41.9 Å². The Labute approximate surface area is 180 Å². The average Bonchev–Trinajstić information content (AvgIpc) is 3.35. The van der Waals surface area contributed by atoms with Gasteiger partial charge >= 0.3 is 0 Å². The Kier molecular flexibility index (Phi) is 4.82. The van der Waals surface area contributed by atoms with Crippen LogP contribution in [0.1, 0.15) is 49.6 Å². The van der Waals surface area contributed by atoms with Crippen molar-refractivity contribution in [1.29, 1.82) is 0 Å². The van der Waals surface area contributed by atoms with Crippen LogP contribution in [-0.2, 0) is 12.8 Å². The second-order valence-corrected chi connectivity index (χ2v) is 9.93. The normalized spacial score (nSPS) is 17.1. The van der Waals surface area contributed by atoms with Crippen LogP contribution in [0.4, 0.5) is 5.82 Å². The molecule has 0 radical (unpaired) electrons. The zero-order valence-corrected chi connectivity index (χ0v) is 18.5. The maximum Gasteiger partial charge on any atom is 0.158 e. The minimum absolute atomic E-state index is 0.350. The number of aromatic nitrogens is 3. The highest BCUT2D eigenvalue weighted by atomic mass is 32.1. The first-order valence-electron chi connectivity index (χ1n) is 10.7. The quantitative estimate of drug-likeness (QED) is 0.302. The molecule has 3 aromatic heterocycles. The molecule has 0 fully saturated rings. The van der Waals surface area contributed by atoms with Crippen LogP contribution in [0.3, 0.4) is 0 Å². The van der Waals surface area contributed by atoms with Gasteiger partial charge in [-0.25, -0.2) is 9.97 Å². The number of nitrogens with zero attached hydrogens (tertiary/aromatic N) is 3. The molecule has 0 saturated heterocycles. The molecule has 0 aliphatic heterocycles. The number of fused-ring (bicyclic) bond motifs is 4. The van der Waals surface area contributed by atoms with Gasteiger partial charge in [-0.15, -0.1) is 11.3 Å². The van der Waals surface area contributed by atoms with Crippen molar-refractivity contribution in [3.8, 4) is 0 Å². The molecule has 1 aliphatic rings. The number of hydrogen-bond acceptors (Lipinski definition) is 5. The lowest BCUT2D eigenvalue weighted by molar-refractivity contribution is 0.184. The van der Waals surface area contributed by atoms with Crippen molar-refractivity contribution >= 4 is 44.5 Å². The maximum absolute atomic E-state index is 4.56. The molecule has 5 rings (SSSR count). The third-order valence-electron chi connectivity index (χ3n) is 6.85. The smallest absolute Gasteiger partial charge is 0.158 e. The molecule has 0 unspecified atom stereocenters. The Morgan fingerprint density at radius 3 is 3.03 bits per heavy atom. The summed E-state index contributed by atoms with van der Waals surface area (Å²) in [6.07, 6.45) is 10.2. The van der Waals surface area contributed by atoms with Gasteiger partial charge in [-0.05, 0) is 42.2 Å². The van der Waals surface area contributed by atoms with E-state index < -0.39 is 0 Å². The third kappa shape index (κ3) is 3.29. The number of aryl methyl sites for hydroxylation is 1. The molecule has 0 saturated carbocycles. The van der Waals surface area contributed by atoms with Gasteiger partial charge in [-0.3, -0.25) is 5.43 Å².